The Balaban J connectivity index is 1.82. The number of benzene rings is 3. The average molecular weight is 329 g/mol. The van der Waals surface area contributed by atoms with E-state index in [2.05, 4.69) is 10.3 Å². The fraction of sp³-hybridized carbons (Fsp3) is 0. The lowest BCUT2D eigenvalue weighted by Gasteiger charge is -2.10. The van der Waals surface area contributed by atoms with Crippen molar-refractivity contribution < 1.29 is 9.90 Å². The molecule has 0 spiro atoms. The third-order valence-corrected chi connectivity index (χ3v) is 3.93. The fourth-order valence-electron chi connectivity index (χ4n) is 2.74. The number of phenolic OH excluding ortho intramolecular Hbond substituents is 1. The summed E-state index contributed by atoms with van der Waals surface area (Å²) >= 11 is 0. The van der Waals surface area contributed by atoms with E-state index in [9.17, 15) is 9.90 Å². The van der Waals surface area contributed by atoms with Gasteiger partial charge in [0.25, 0.3) is 5.91 Å². The van der Waals surface area contributed by atoms with Crippen molar-refractivity contribution in [3.8, 4) is 11.4 Å². The summed E-state index contributed by atoms with van der Waals surface area (Å²) in [5.74, 6) is 0.389. The summed E-state index contributed by atoms with van der Waals surface area (Å²) in [6.45, 7) is 0. The Morgan fingerprint density at radius 2 is 1.56 bits per heavy atom. The molecule has 0 fully saturated rings. The number of rotatable bonds is 3. The number of anilines is 1. The van der Waals surface area contributed by atoms with Crippen molar-refractivity contribution in [3.05, 3.63) is 84.4 Å². The van der Waals surface area contributed by atoms with Gasteiger partial charge in [-0.15, -0.1) is 0 Å². The largest absolute Gasteiger partial charge is 0.508 e. The minimum atomic E-state index is -0.226. The van der Waals surface area contributed by atoms with Crippen LogP contribution in [0.1, 0.15) is 10.4 Å². The molecule has 0 aliphatic heterocycles. The van der Waals surface area contributed by atoms with Gasteiger partial charge in [-0.05, 0) is 48.5 Å². The highest BCUT2D eigenvalue weighted by atomic mass is 16.3. The zero-order valence-corrected chi connectivity index (χ0v) is 13.3. The molecule has 0 atom stereocenters. The van der Waals surface area contributed by atoms with E-state index in [1.165, 1.54) is 0 Å². The van der Waals surface area contributed by atoms with Crippen LogP contribution in [0.3, 0.4) is 0 Å². The van der Waals surface area contributed by atoms with Crippen LogP contribution in [-0.2, 0) is 0 Å². The Bertz CT molecular complexity index is 1040. The normalized spacial score (nSPS) is 10.7. The SMILES string of the molecule is O=C(Nc1nc2ccccc2n1-c1ccc(O)cc1)c1ccccc1. The Morgan fingerprint density at radius 3 is 2.32 bits per heavy atom. The number of carbonyl (C=O) groups is 1. The van der Waals surface area contributed by atoms with E-state index in [0.717, 1.165) is 16.7 Å². The van der Waals surface area contributed by atoms with Crippen LogP contribution in [0.4, 0.5) is 5.95 Å². The zero-order chi connectivity index (χ0) is 17.2. The number of amides is 1. The van der Waals surface area contributed by atoms with Crippen LogP contribution in [0.2, 0.25) is 0 Å². The summed E-state index contributed by atoms with van der Waals surface area (Å²) in [6, 6.07) is 23.4. The highest BCUT2D eigenvalue weighted by Crippen LogP contribution is 2.26. The molecular weight excluding hydrogens is 314 g/mol. The van der Waals surface area contributed by atoms with Crippen molar-refractivity contribution in [2.45, 2.75) is 0 Å². The van der Waals surface area contributed by atoms with Crippen molar-refractivity contribution in [3.63, 3.8) is 0 Å². The predicted octanol–water partition coefficient (Wildman–Crippen LogP) is 3.98. The number of imidazole rings is 1. The van der Waals surface area contributed by atoms with E-state index in [-0.39, 0.29) is 11.7 Å². The standard InChI is InChI=1S/C20H15N3O2/c24-16-12-10-15(11-13-16)23-18-9-5-4-8-17(18)21-20(23)22-19(25)14-6-2-1-3-7-14/h1-13,24H,(H,21,22,25). The quantitative estimate of drug-likeness (QED) is 0.597. The van der Waals surface area contributed by atoms with Gasteiger partial charge in [0.2, 0.25) is 5.95 Å². The number of nitrogens with zero attached hydrogens (tertiary/aromatic N) is 2. The van der Waals surface area contributed by atoms with Gasteiger partial charge in [-0.2, -0.15) is 0 Å². The van der Waals surface area contributed by atoms with E-state index in [0.29, 0.717) is 11.5 Å². The molecule has 0 unspecified atom stereocenters. The molecule has 1 heterocycles. The summed E-state index contributed by atoms with van der Waals surface area (Å²) in [6.07, 6.45) is 0. The van der Waals surface area contributed by atoms with Gasteiger partial charge in [-0.3, -0.25) is 14.7 Å². The fourth-order valence-corrected chi connectivity index (χ4v) is 2.74. The second-order valence-electron chi connectivity index (χ2n) is 5.60. The number of aromatic nitrogens is 2. The number of carbonyl (C=O) groups excluding carboxylic acids is 1. The molecule has 0 saturated heterocycles. The van der Waals surface area contributed by atoms with Crippen LogP contribution in [0.5, 0.6) is 5.75 Å². The number of nitrogens with one attached hydrogen (secondary N) is 1. The molecule has 2 N–H and O–H groups in total. The second kappa shape index (κ2) is 6.13. The van der Waals surface area contributed by atoms with E-state index >= 15 is 0 Å². The predicted molar refractivity (Wildman–Crippen MR) is 97.1 cm³/mol. The molecule has 4 rings (SSSR count). The Morgan fingerprint density at radius 1 is 0.880 bits per heavy atom. The monoisotopic (exact) mass is 329 g/mol. The first-order chi connectivity index (χ1) is 12.2. The lowest BCUT2D eigenvalue weighted by molar-refractivity contribution is 0.102. The first-order valence-corrected chi connectivity index (χ1v) is 7.86. The third kappa shape index (κ3) is 2.83. The Hall–Kier alpha value is -3.60. The molecule has 0 aliphatic rings. The Kier molecular flexibility index (Phi) is 3.67. The number of fused-ring (bicyclic) bond motifs is 1. The van der Waals surface area contributed by atoms with Crippen LogP contribution in [0, 0.1) is 0 Å². The van der Waals surface area contributed by atoms with Gasteiger partial charge in [0.15, 0.2) is 0 Å². The minimum Gasteiger partial charge on any atom is -0.508 e. The second-order valence-corrected chi connectivity index (χ2v) is 5.60. The summed E-state index contributed by atoms with van der Waals surface area (Å²) in [5, 5.41) is 12.4. The van der Waals surface area contributed by atoms with Crippen LogP contribution >= 0.6 is 0 Å². The first kappa shape index (κ1) is 15.0. The van der Waals surface area contributed by atoms with Crippen molar-refractivity contribution in [2.75, 3.05) is 5.32 Å². The maximum Gasteiger partial charge on any atom is 0.257 e. The molecule has 5 nitrogen and oxygen atoms in total. The minimum absolute atomic E-state index is 0.183. The molecule has 4 aromatic rings. The van der Waals surface area contributed by atoms with Crippen LogP contribution in [-0.4, -0.2) is 20.6 Å². The molecule has 0 aliphatic carbocycles. The van der Waals surface area contributed by atoms with Gasteiger partial charge in [-0.1, -0.05) is 30.3 Å². The van der Waals surface area contributed by atoms with Gasteiger partial charge in [0, 0.05) is 11.3 Å². The summed E-state index contributed by atoms with van der Waals surface area (Å²) in [5.41, 5.74) is 3.01. The van der Waals surface area contributed by atoms with E-state index in [4.69, 9.17) is 0 Å². The first-order valence-electron chi connectivity index (χ1n) is 7.86. The molecule has 5 heteroatoms. The summed E-state index contributed by atoms with van der Waals surface area (Å²) < 4.78 is 1.86. The molecule has 0 bridgehead atoms. The van der Waals surface area contributed by atoms with E-state index in [1.54, 1.807) is 36.4 Å². The molecule has 0 saturated carbocycles. The van der Waals surface area contributed by atoms with Crippen molar-refractivity contribution in [1.82, 2.24) is 9.55 Å². The van der Waals surface area contributed by atoms with Gasteiger partial charge in [0.05, 0.1) is 11.0 Å². The molecule has 3 aromatic carbocycles. The van der Waals surface area contributed by atoms with Crippen LogP contribution < -0.4 is 5.32 Å². The molecule has 25 heavy (non-hydrogen) atoms. The molecule has 0 radical (unpaired) electrons. The van der Waals surface area contributed by atoms with Crippen molar-refractivity contribution in [1.29, 1.82) is 0 Å². The van der Waals surface area contributed by atoms with Crippen molar-refractivity contribution in [2.24, 2.45) is 0 Å². The number of para-hydroxylation sites is 2. The maximum absolute atomic E-state index is 12.5. The zero-order valence-electron chi connectivity index (χ0n) is 13.3. The summed E-state index contributed by atoms with van der Waals surface area (Å²) in [7, 11) is 0. The summed E-state index contributed by atoms with van der Waals surface area (Å²) in [4.78, 5) is 17.1. The molecule has 122 valence electrons. The van der Waals surface area contributed by atoms with E-state index in [1.807, 2.05) is 47.0 Å². The lowest BCUT2D eigenvalue weighted by atomic mass is 10.2. The Labute approximate surface area is 144 Å². The number of hydrogen-bond acceptors (Lipinski definition) is 3. The van der Waals surface area contributed by atoms with Crippen LogP contribution in [0.15, 0.2) is 78.9 Å². The average Bonchev–Trinajstić information content (AvgIpc) is 3.01. The van der Waals surface area contributed by atoms with E-state index < -0.39 is 0 Å². The topological polar surface area (TPSA) is 67.2 Å². The van der Waals surface area contributed by atoms with Crippen molar-refractivity contribution >= 4 is 22.9 Å². The highest BCUT2D eigenvalue weighted by Gasteiger charge is 2.15. The number of hydrogen-bond donors (Lipinski definition) is 2. The highest BCUT2D eigenvalue weighted by molar-refractivity contribution is 6.04. The number of phenols is 1. The maximum atomic E-state index is 12.5. The molecular formula is C20H15N3O2. The van der Waals surface area contributed by atoms with Crippen LogP contribution in [0.25, 0.3) is 16.7 Å². The van der Waals surface area contributed by atoms with Gasteiger partial charge in [-0.25, -0.2) is 4.98 Å². The lowest BCUT2D eigenvalue weighted by Crippen LogP contribution is -2.15. The van der Waals surface area contributed by atoms with Gasteiger partial charge >= 0.3 is 0 Å². The number of aromatic hydroxyl groups is 1. The molecule has 1 aromatic heterocycles. The third-order valence-electron chi connectivity index (χ3n) is 3.93. The molecule has 1 amide bonds. The smallest absolute Gasteiger partial charge is 0.257 e. The van der Waals surface area contributed by atoms with Gasteiger partial charge in [0.1, 0.15) is 5.75 Å². The van der Waals surface area contributed by atoms with Gasteiger partial charge < -0.3 is 5.11 Å².